The average molecular weight is 374 g/mol. The number of nitrogens with one attached hydrogen (secondary N) is 1. The van der Waals surface area contributed by atoms with Crippen LogP contribution in [-0.4, -0.2) is 19.0 Å². The molecule has 0 unspecified atom stereocenters. The van der Waals surface area contributed by atoms with Crippen LogP contribution < -0.4 is 5.32 Å². The van der Waals surface area contributed by atoms with E-state index < -0.39 is 5.97 Å². The topological polar surface area (TPSA) is 55.4 Å². The minimum atomic E-state index is -0.438. The van der Waals surface area contributed by atoms with Crippen molar-refractivity contribution >= 4 is 55.5 Å². The number of halogens is 1. The van der Waals surface area contributed by atoms with Gasteiger partial charge in [0.15, 0.2) is 0 Å². The number of anilines is 1. The van der Waals surface area contributed by atoms with E-state index in [-0.39, 0.29) is 5.91 Å². The second kappa shape index (κ2) is 6.07. The number of hydrogen-bond acceptors (Lipinski definition) is 5. The molecule has 0 radical (unpaired) electrons. The number of carbonyl (C=O) groups is 2. The number of amides is 1. The number of esters is 1. The highest BCUT2D eigenvalue weighted by Crippen LogP contribution is 2.34. The van der Waals surface area contributed by atoms with Gasteiger partial charge in [0.05, 0.1) is 12.7 Å². The summed E-state index contributed by atoms with van der Waals surface area (Å²) in [5.41, 5.74) is 1.26. The fourth-order valence-electron chi connectivity index (χ4n) is 1.68. The van der Waals surface area contributed by atoms with Gasteiger partial charge in [-0.3, -0.25) is 4.79 Å². The molecule has 0 bridgehead atoms. The van der Waals surface area contributed by atoms with Gasteiger partial charge in [0, 0.05) is 9.35 Å². The van der Waals surface area contributed by atoms with E-state index in [9.17, 15) is 9.59 Å². The van der Waals surface area contributed by atoms with Crippen LogP contribution in [0.15, 0.2) is 15.9 Å². The molecule has 0 spiro atoms. The molecular weight excluding hydrogens is 362 g/mol. The third-order valence-corrected chi connectivity index (χ3v) is 5.78. The van der Waals surface area contributed by atoms with E-state index in [1.807, 2.05) is 25.3 Å². The minimum Gasteiger partial charge on any atom is -0.465 e. The Morgan fingerprint density at radius 1 is 1.35 bits per heavy atom. The number of aryl methyl sites for hydroxylation is 1. The van der Waals surface area contributed by atoms with Crippen LogP contribution in [0, 0.1) is 13.8 Å². The summed E-state index contributed by atoms with van der Waals surface area (Å²) in [4.78, 5) is 25.6. The third-order valence-electron chi connectivity index (χ3n) is 2.83. The van der Waals surface area contributed by atoms with Crippen LogP contribution in [0.3, 0.4) is 0 Å². The van der Waals surface area contributed by atoms with Crippen LogP contribution in [-0.2, 0) is 4.74 Å². The predicted octanol–water partition coefficient (Wildman–Crippen LogP) is 4.23. The van der Waals surface area contributed by atoms with Gasteiger partial charge < -0.3 is 10.1 Å². The Labute approximate surface area is 132 Å². The smallest absolute Gasteiger partial charge is 0.341 e. The SMILES string of the molecule is COC(=O)c1c(NC(=O)c2sccc2Br)sc(C)c1C. The first-order chi connectivity index (χ1) is 9.45. The second-order valence-corrected chi connectivity index (χ2v) is 7.03. The standard InChI is InChI=1S/C13H12BrNO3S2/c1-6-7(2)20-12(9(6)13(17)18-3)15-11(16)10-8(14)4-5-19-10/h4-5H,1-3H3,(H,15,16). The van der Waals surface area contributed by atoms with Crippen molar-refractivity contribution in [3.05, 3.63) is 36.8 Å². The summed E-state index contributed by atoms with van der Waals surface area (Å²) in [5, 5.41) is 5.14. The van der Waals surface area contributed by atoms with Crippen molar-refractivity contribution in [1.29, 1.82) is 0 Å². The lowest BCUT2D eigenvalue weighted by molar-refractivity contribution is 0.0601. The van der Waals surface area contributed by atoms with E-state index in [1.165, 1.54) is 29.8 Å². The minimum absolute atomic E-state index is 0.238. The zero-order valence-electron chi connectivity index (χ0n) is 11.1. The maximum Gasteiger partial charge on any atom is 0.341 e. The lowest BCUT2D eigenvalue weighted by Gasteiger charge is -2.05. The maximum absolute atomic E-state index is 12.2. The summed E-state index contributed by atoms with van der Waals surface area (Å²) in [6.07, 6.45) is 0. The van der Waals surface area contributed by atoms with Crippen molar-refractivity contribution in [2.24, 2.45) is 0 Å². The van der Waals surface area contributed by atoms with Gasteiger partial charge in [0.25, 0.3) is 5.91 Å². The third kappa shape index (κ3) is 2.79. The number of rotatable bonds is 3. The Kier molecular flexibility index (Phi) is 4.62. The first kappa shape index (κ1) is 15.2. The lowest BCUT2D eigenvalue weighted by atomic mass is 10.1. The monoisotopic (exact) mass is 373 g/mol. The molecule has 2 aromatic heterocycles. The maximum atomic E-state index is 12.2. The summed E-state index contributed by atoms with van der Waals surface area (Å²) < 4.78 is 5.52. The molecule has 1 amide bonds. The van der Waals surface area contributed by atoms with E-state index in [2.05, 4.69) is 21.2 Å². The van der Waals surface area contributed by atoms with Crippen molar-refractivity contribution in [3.8, 4) is 0 Å². The highest BCUT2D eigenvalue weighted by atomic mass is 79.9. The summed E-state index contributed by atoms with van der Waals surface area (Å²) >= 11 is 6.03. The quantitative estimate of drug-likeness (QED) is 0.819. The van der Waals surface area contributed by atoms with E-state index in [0.29, 0.717) is 15.4 Å². The van der Waals surface area contributed by atoms with E-state index in [1.54, 1.807) is 0 Å². The molecule has 20 heavy (non-hydrogen) atoms. The molecule has 0 aliphatic heterocycles. The average Bonchev–Trinajstić information content (AvgIpc) is 2.94. The second-order valence-electron chi connectivity index (χ2n) is 4.03. The summed E-state index contributed by atoms with van der Waals surface area (Å²) in [7, 11) is 1.33. The van der Waals surface area contributed by atoms with Crippen LogP contribution in [0.1, 0.15) is 30.5 Å². The largest absolute Gasteiger partial charge is 0.465 e. The molecule has 0 atom stereocenters. The molecular formula is C13H12BrNO3S2. The van der Waals surface area contributed by atoms with Gasteiger partial charge in [-0.1, -0.05) is 0 Å². The zero-order valence-corrected chi connectivity index (χ0v) is 14.3. The predicted molar refractivity (Wildman–Crippen MR) is 85.1 cm³/mol. The Morgan fingerprint density at radius 3 is 2.60 bits per heavy atom. The Bertz CT molecular complexity index is 675. The molecule has 0 aromatic carbocycles. The highest BCUT2D eigenvalue weighted by Gasteiger charge is 2.22. The molecule has 106 valence electrons. The van der Waals surface area contributed by atoms with E-state index in [4.69, 9.17) is 4.74 Å². The van der Waals surface area contributed by atoms with Crippen LogP contribution in [0.5, 0.6) is 0 Å². The lowest BCUT2D eigenvalue weighted by Crippen LogP contribution is -2.13. The number of carbonyl (C=O) groups excluding carboxylic acids is 2. The molecule has 0 aliphatic carbocycles. The van der Waals surface area contributed by atoms with Gasteiger partial charge in [-0.25, -0.2) is 4.79 Å². The van der Waals surface area contributed by atoms with E-state index >= 15 is 0 Å². The molecule has 0 aliphatic rings. The fraction of sp³-hybridized carbons (Fsp3) is 0.231. The fourth-order valence-corrected chi connectivity index (χ4v) is 4.17. The van der Waals surface area contributed by atoms with Crippen LogP contribution in [0.4, 0.5) is 5.00 Å². The zero-order chi connectivity index (χ0) is 14.9. The van der Waals surface area contributed by atoms with Crippen LogP contribution in [0.2, 0.25) is 0 Å². The van der Waals surface area contributed by atoms with Crippen molar-refractivity contribution < 1.29 is 14.3 Å². The molecule has 0 fully saturated rings. The molecule has 1 N–H and O–H groups in total. The molecule has 7 heteroatoms. The molecule has 4 nitrogen and oxygen atoms in total. The molecule has 2 heterocycles. The van der Waals surface area contributed by atoms with Gasteiger partial charge in [-0.05, 0) is 46.8 Å². The summed E-state index contributed by atoms with van der Waals surface area (Å²) in [5.74, 6) is -0.675. The van der Waals surface area contributed by atoms with Crippen molar-refractivity contribution in [2.45, 2.75) is 13.8 Å². The normalized spacial score (nSPS) is 10.4. The molecule has 0 saturated carbocycles. The molecule has 0 saturated heterocycles. The van der Waals surface area contributed by atoms with Crippen molar-refractivity contribution in [3.63, 3.8) is 0 Å². The van der Waals surface area contributed by atoms with Gasteiger partial charge in [0.2, 0.25) is 0 Å². The highest BCUT2D eigenvalue weighted by molar-refractivity contribution is 9.10. The summed E-state index contributed by atoms with van der Waals surface area (Å²) in [6, 6.07) is 1.81. The van der Waals surface area contributed by atoms with Gasteiger partial charge >= 0.3 is 5.97 Å². The van der Waals surface area contributed by atoms with Crippen molar-refractivity contribution in [1.82, 2.24) is 0 Å². The Morgan fingerprint density at radius 2 is 2.05 bits per heavy atom. The van der Waals surface area contributed by atoms with E-state index in [0.717, 1.165) is 14.9 Å². The van der Waals surface area contributed by atoms with Gasteiger partial charge in [-0.2, -0.15) is 0 Å². The molecule has 2 rings (SSSR count). The number of ether oxygens (including phenoxy) is 1. The number of hydrogen-bond donors (Lipinski definition) is 1. The van der Waals surface area contributed by atoms with Crippen LogP contribution >= 0.6 is 38.6 Å². The number of thiophene rings is 2. The first-order valence-corrected chi connectivity index (χ1v) is 8.17. The Hall–Kier alpha value is -1.18. The summed E-state index contributed by atoms with van der Waals surface area (Å²) in [6.45, 7) is 3.75. The van der Waals surface area contributed by atoms with Gasteiger partial charge in [0.1, 0.15) is 9.88 Å². The van der Waals surface area contributed by atoms with Crippen molar-refractivity contribution in [2.75, 3.05) is 12.4 Å². The Balaban J connectivity index is 2.35. The molecule has 2 aromatic rings. The van der Waals surface area contributed by atoms with Gasteiger partial charge in [-0.15, -0.1) is 22.7 Å². The van der Waals surface area contributed by atoms with Crippen LogP contribution in [0.25, 0.3) is 0 Å². The first-order valence-electron chi connectivity index (χ1n) is 5.68. The number of methoxy groups -OCH3 is 1.